The van der Waals surface area contributed by atoms with Gasteiger partial charge in [-0.2, -0.15) is 5.26 Å². The predicted molar refractivity (Wildman–Crippen MR) is 117 cm³/mol. The smallest absolute Gasteiger partial charge is 0.407 e. The summed E-state index contributed by atoms with van der Waals surface area (Å²) in [7, 11) is 1.56. The van der Waals surface area contributed by atoms with E-state index in [1.807, 2.05) is 31.2 Å². The van der Waals surface area contributed by atoms with Gasteiger partial charge in [-0.05, 0) is 44.0 Å². The molecule has 3 aromatic rings. The molecule has 1 amide bonds. The maximum Gasteiger partial charge on any atom is 0.407 e. The van der Waals surface area contributed by atoms with Crippen LogP contribution in [0.3, 0.4) is 0 Å². The first-order chi connectivity index (χ1) is 15.0. The van der Waals surface area contributed by atoms with Crippen molar-refractivity contribution in [3.8, 4) is 23.1 Å². The lowest BCUT2D eigenvalue weighted by atomic mass is 10.0. The van der Waals surface area contributed by atoms with Crippen LogP contribution in [0.5, 0.6) is 5.75 Å². The quantitative estimate of drug-likeness (QED) is 0.659. The minimum absolute atomic E-state index is 0.0287. The van der Waals surface area contributed by atoms with Gasteiger partial charge in [0, 0.05) is 35.5 Å². The van der Waals surface area contributed by atoms with Crippen LogP contribution in [0.1, 0.15) is 24.0 Å². The monoisotopic (exact) mass is 417 g/mol. The third-order valence-corrected chi connectivity index (χ3v) is 5.55. The first-order valence-electron chi connectivity index (χ1n) is 10.1. The van der Waals surface area contributed by atoms with Crippen molar-refractivity contribution in [3.63, 3.8) is 0 Å². The molecule has 2 N–H and O–H groups in total. The molecular formula is C23H23N5O3. The molecule has 31 heavy (non-hydrogen) atoms. The van der Waals surface area contributed by atoms with Crippen molar-refractivity contribution in [2.45, 2.75) is 25.8 Å². The van der Waals surface area contributed by atoms with Gasteiger partial charge in [0.2, 0.25) is 0 Å². The third kappa shape index (κ3) is 4.08. The van der Waals surface area contributed by atoms with Gasteiger partial charge in [-0.1, -0.05) is 17.7 Å². The number of aromatic nitrogens is 2. The Morgan fingerprint density at radius 1 is 1.26 bits per heavy atom. The maximum atomic E-state index is 11.3. The van der Waals surface area contributed by atoms with Crippen LogP contribution in [0.15, 0.2) is 36.4 Å². The Kier molecular flexibility index (Phi) is 5.58. The highest BCUT2D eigenvalue weighted by Gasteiger charge is 2.24. The van der Waals surface area contributed by atoms with Crippen molar-refractivity contribution >= 4 is 22.7 Å². The minimum Gasteiger partial charge on any atom is -0.496 e. The van der Waals surface area contributed by atoms with Crippen molar-refractivity contribution in [3.05, 3.63) is 47.5 Å². The van der Waals surface area contributed by atoms with Gasteiger partial charge in [-0.3, -0.25) is 0 Å². The number of hydrogen-bond acceptors (Lipinski definition) is 6. The molecule has 2 aromatic carbocycles. The summed E-state index contributed by atoms with van der Waals surface area (Å²) in [6.07, 6.45) is 0.764. The predicted octanol–water partition coefficient (Wildman–Crippen LogP) is 4.04. The fraction of sp³-hybridized carbons (Fsp3) is 0.304. The molecule has 0 unspecified atom stereocenters. The number of carbonyl (C=O) groups is 1. The third-order valence-electron chi connectivity index (χ3n) is 5.55. The highest BCUT2D eigenvalue weighted by Crippen LogP contribution is 2.36. The number of likely N-dealkylation sites (tertiary alicyclic amines) is 1. The molecule has 1 aliphatic heterocycles. The zero-order chi connectivity index (χ0) is 22.0. The lowest BCUT2D eigenvalue weighted by molar-refractivity contribution is 0.133. The van der Waals surface area contributed by atoms with E-state index in [4.69, 9.17) is 4.74 Å². The van der Waals surface area contributed by atoms with E-state index in [0.29, 0.717) is 35.9 Å². The fourth-order valence-corrected chi connectivity index (χ4v) is 3.99. The number of methoxy groups -OCH3 is 1. The van der Waals surface area contributed by atoms with Crippen LogP contribution in [0.2, 0.25) is 0 Å². The van der Waals surface area contributed by atoms with E-state index >= 15 is 0 Å². The fourth-order valence-electron chi connectivity index (χ4n) is 3.99. The van der Waals surface area contributed by atoms with E-state index in [0.717, 1.165) is 34.7 Å². The number of rotatable bonds is 4. The summed E-state index contributed by atoms with van der Waals surface area (Å²) in [5.41, 5.74) is 3.01. The number of benzene rings is 2. The van der Waals surface area contributed by atoms with E-state index in [1.165, 1.54) is 4.90 Å². The number of anilines is 1. The molecule has 1 saturated heterocycles. The number of aryl methyl sites for hydroxylation is 1. The number of nitriles is 1. The Morgan fingerprint density at radius 3 is 2.84 bits per heavy atom. The lowest BCUT2D eigenvalue weighted by Crippen LogP contribution is -2.44. The van der Waals surface area contributed by atoms with E-state index in [9.17, 15) is 15.2 Å². The molecule has 0 bridgehead atoms. The van der Waals surface area contributed by atoms with Crippen molar-refractivity contribution in [1.29, 1.82) is 5.26 Å². The van der Waals surface area contributed by atoms with Crippen LogP contribution in [-0.2, 0) is 0 Å². The Bertz CT molecular complexity index is 1190. The molecule has 0 spiro atoms. The van der Waals surface area contributed by atoms with Gasteiger partial charge in [0.1, 0.15) is 11.4 Å². The molecule has 1 aromatic heterocycles. The molecule has 0 saturated carbocycles. The average Bonchev–Trinajstić information content (AvgIpc) is 2.79. The molecule has 0 aliphatic carbocycles. The number of hydrogen-bond donors (Lipinski definition) is 2. The molecule has 1 atom stereocenters. The number of fused-ring (bicyclic) bond motifs is 1. The van der Waals surface area contributed by atoms with Crippen molar-refractivity contribution < 1.29 is 14.6 Å². The van der Waals surface area contributed by atoms with Gasteiger partial charge in [-0.15, -0.1) is 10.2 Å². The number of piperidine rings is 1. The summed E-state index contributed by atoms with van der Waals surface area (Å²) in [6, 6.07) is 13.4. The SMILES string of the molecule is COc1cc(C#N)ccc1-c1nnc(N[C@@H]2CCCN(C(=O)O)C2)c2ccc(C)cc12. The number of nitrogens with one attached hydrogen (secondary N) is 1. The Balaban J connectivity index is 1.77. The van der Waals surface area contributed by atoms with Crippen molar-refractivity contribution in [2.24, 2.45) is 0 Å². The molecule has 158 valence electrons. The summed E-state index contributed by atoms with van der Waals surface area (Å²) in [4.78, 5) is 12.8. The van der Waals surface area contributed by atoms with Crippen LogP contribution < -0.4 is 10.1 Å². The molecule has 4 rings (SSSR count). The molecular weight excluding hydrogens is 394 g/mol. The Labute approximate surface area is 180 Å². The first-order valence-corrected chi connectivity index (χ1v) is 10.1. The van der Waals surface area contributed by atoms with Crippen molar-refractivity contribution in [2.75, 3.05) is 25.5 Å². The summed E-state index contributed by atoms with van der Waals surface area (Å²) in [6.45, 7) is 2.98. The molecule has 0 radical (unpaired) electrons. The van der Waals surface area contributed by atoms with Crippen LogP contribution >= 0.6 is 0 Å². The second-order valence-corrected chi connectivity index (χ2v) is 7.69. The van der Waals surface area contributed by atoms with Gasteiger partial charge in [0.05, 0.1) is 18.7 Å². The van der Waals surface area contributed by atoms with Gasteiger partial charge >= 0.3 is 6.09 Å². The standard InChI is InChI=1S/C23H23N5O3/c1-14-5-7-17-19(10-14)21(18-8-6-15(12-24)11-20(18)31-2)26-27-22(17)25-16-4-3-9-28(13-16)23(29)30/h5-8,10-11,16H,3-4,9,13H2,1-2H3,(H,25,27)(H,29,30)/t16-/m1/s1. The molecule has 8 heteroatoms. The molecule has 1 fully saturated rings. The van der Waals surface area contributed by atoms with Gasteiger partial charge in [0.15, 0.2) is 5.82 Å². The number of carboxylic acid groups (broad SMARTS) is 1. The van der Waals surface area contributed by atoms with Crippen LogP contribution in [0.4, 0.5) is 10.6 Å². The highest BCUT2D eigenvalue weighted by atomic mass is 16.5. The van der Waals surface area contributed by atoms with E-state index in [-0.39, 0.29) is 6.04 Å². The van der Waals surface area contributed by atoms with E-state index in [1.54, 1.807) is 19.2 Å². The zero-order valence-corrected chi connectivity index (χ0v) is 17.4. The largest absolute Gasteiger partial charge is 0.496 e. The average molecular weight is 417 g/mol. The van der Waals surface area contributed by atoms with Gasteiger partial charge < -0.3 is 20.1 Å². The Morgan fingerprint density at radius 2 is 2.10 bits per heavy atom. The summed E-state index contributed by atoms with van der Waals surface area (Å²) < 4.78 is 5.51. The second-order valence-electron chi connectivity index (χ2n) is 7.69. The number of nitrogens with zero attached hydrogens (tertiary/aromatic N) is 4. The highest BCUT2D eigenvalue weighted by molar-refractivity contribution is 6.01. The zero-order valence-electron chi connectivity index (χ0n) is 17.4. The van der Waals surface area contributed by atoms with E-state index in [2.05, 4.69) is 21.6 Å². The number of ether oxygens (including phenoxy) is 1. The molecule has 1 aliphatic rings. The Hall–Kier alpha value is -3.86. The normalized spacial score (nSPS) is 16.0. The lowest BCUT2D eigenvalue weighted by Gasteiger charge is -2.31. The summed E-state index contributed by atoms with van der Waals surface area (Å²) >= 11 is 0. The minimum atomic E-state index is -0.902. The van der Waals surface area contributed by atoms with E-state index < -0.39 is 6.09 Å². The number of amides is 1. The van der Waals surface area contributed by atoms with Crippen molar-refractivity contribution in [1.82, 2.24) is 15.1 Å². The molecule has 8 nitrogen and oxygen atoms in total. The first kappa shape index (κ1) is 20.4. The topological polar surface area (TPSA) is 111 Å². The van der Waals surface area contributed by atoms with Gasteiger partial charge in [0.25, 0.3) is 0 Å². The van der Waals surface area contributed by atoms with Crippen LogP contribution in [0, 0.1) is 18.3 Å². The molecule has 2 heterocycles. The summed E-state index contributed by atoms with van der Waals surface area (Å²) in [5, 5.41) is 32.7. The second kappa shape index (κ2) is 8.48. The summed E-state index contributed by atoms with van der Waals surface area (Å²) in [5.74, 6) is 1.19. The van der Waals surface area contributed by atoms with Crippen LogP contribution in [-0.4, -0.2) is 52.5 Å². The maximum absolute atomic E-state index is 11.3. The van der Waals surface area contributed by atoms with Crippen LogP contribution in [0.25, 0.3) is 22.0 Å². The van der Waals surface area contributed by atoms with Gasteiger partial charge in [-0.25, -0.2) is 4.79 Å².